The molecule has 0 bridgehead atoms. The first-order valence-electron chi connectivity index (χ1n) is 8.30. The Morgan fingerprint density at radius 3 is 3.00 bits per heavy atom. The van der Waals surface area contributed by atoms with Gasteiger partial charge in [0.1, 0.15) is 17.4 Å². The predicted octanol–water partition coefficient (Wildman–Crippen LogP) is 1.57. The average molecular weight is 343 g/mol. The molecule has 25 heavy (non-hydrogen) atoms. The van der Waals surface area contributed by atoms with E-state index in [1.807, 2.05) is 20.9 Å². The van der Waals surface area contributed by atoms with Gasteiger partial charge in [0.25, 0.3) is 0 Å². The zero-order chi connectivity index (χ0) is 17.4. The lowest BCUT2D eigenvalue weighted by Crippen LogP contribution is -2.38. The second kappa shape index (κ2) is 6.41. The number of rotatable bonds is 4. The van der Waals surface area contributed by atoms with Gasteiger partial charge in [-0.05, 0) is 13.8 Å². The van der Waals surface area contributed by atoms with Crippen molar-refractivity contribution in [3.8, 4) is 0 Å². The summed E-state index contributed by atoms with van der Waals surface area (Å²) in [6.45, 7) is 6.89. The van der Waals surface area contributed by atoms with Crippen LogP contribution in [0.1, 0.15) is 28.9 Å². The van der Waals surface area contributed by atoms with E-state index in [1.54, 1.807) is 6.33 Å². The molecule has 3 aromatic heterocycles. The van der Waals surface area contributed by atoms with Crippen LogP contribution >= 0.6 is 0 Å². The minimum atomic E-state index is -0.192. The van der Waals surface area contributed by atoms with Crippen molar-refractivity contribution in [3.05, 3.63) is 29.2 Å². The summed E-state index contributed by atoms with van der Waals surface area (Å²) in [4.78, 5) is 18.8. The normalized spacial score (nSPS) is 18.8. The summed E-state index contributed by atoms with van der Waals surface area (Å²) in [7, 11) is 1.83. The van der Waals surface area contributed by atoms with Crippen molar-refractivity contribution < 1.29 is 9.26 Å². The molecule has 1 aliphatic rings. The molecule has 0 spiro atoms. The van der Waals surface area contributed by atoms with Gasteiger partial charge in [0.05, 0.1) is 18.6 Å². The van der Waals surface area contributed by atoms with Crippen LogP contribution in [0.5, 0.6) is 0 Å². The number of H-pyrrole nitrogens is 1. The number of morpholine rings is 1. The molecule has 3 aromatic rings. The Labute approximate surface area is 144 Å². The number of imidazole rings is 1. The highest BCUT2D eigenvalue weighted by Crippen LogP contribution is 2.25. The summed E-state index contributed by atoms with van der Waals surface area (Å²) < 4.78 is 11.2. The molecule has 4 rings (SSSR count). The Hall–Kier alpha value is -2.52. The maximum absolute atomic E-state index is 5.93. The van der Waals surface area contributed by atoms with Crippen LogP contribution in [0.25, 0.3) is 11.2 Å². The first kappa shape index (κ1) is 16.0. The van der Waals surface area contributed by atoms with Crippen LogP contribution in [-0.2, 0) is 11.3 Å². The average Bonchev–Trinajstić information content (AvgIpc) is 3.23. The van der Waals surface area contributed by atoms with Gasteiger partial charge in [-0.2, -0.15) is 0 Å². The van der Waals surface area contributed by atoms with E-state index in [9.17, 15) is 0 Å². The van der Waals surface area contributed by atoms with Gasteiger partial charge in [-0.25, -0.2) is 15.0 Å². The molecule has 0 aliphatic carbocycles. The third kappa shape index (κ3) is 2.96. The summed E-state index contributed by atoms with van der Waals surface area (Å²) in [6, 6.07) is 0. The molecule has 0 amide bonds. The van der Waals surface area contributed by atoms with Gasteiger partial charge in [-0.1, -0.05) is 5.16 Å². The summed E-state index contributed by atoms with van der Waals surface area (Å²) in [5.41, 5.74) is 3.52. The molecule has 9 heteroatoms. The van der Waals surface area contributed by atoms with Crippen molar-refractivity contribution in [1.29, 1.82) is 0 Å². The van der Waals surface area contributed by atoms with Crippen molar-refractivity contribution >= 4 is 17.0 Å². The second-order valence-electron chi connectivity index (χ2n) is 6.18. The van der Waals surface area contributed by atoms with E-state index in [0.717, 1.165) is 41.4 Å². The molecule has 1 fully saturated rings. The van der Waals surface area contributed by atoms with E-state index < -0.39 is 0 Å². The smallest absolute Gasteiger partial charge is 0.183 e. The third-order valence-electron chi connectivity index (χ3n) is 4.54. The van der Waals surface area contributed by atoms with Gasteiger partial charge in [-0.15, -0.1) is 0 Å². The number of hydrogen-bond acceptors (Lipinski definition) is 8. The van der Waals surface area contributed by atoms with Crippen LogP contribution in [0.3, 0.4) is 0 Å². The molecule has 1 saturated heterocycles. The minimum absolute atomic E-state index is 0.192. The largest absolute Gasteiger partial charge is 0.371 e. The SMILES string of the molecule is CNc1nc(C2CN(Cc3c(C)noc3C)CCO2)nc2nc[nH]c12. The lowest BCUT2D eigenvalue weighted by molar-refractivity contribution is -0.0371. The van der Waals surface area contributed by atoms with Gasteiger partial charge < -0.3 is 19.6 Å². The van der Waals surface area contributed by atoms with E-state index in [1.165, 1.54) is 0 Å². The van der Waals surface area contributed by atoms with Crippen molar-refractivity contribution in [2.75, 3.05) is 32.1 Å². The van der Waals surface area contributed by atoms with Crippen LogP contribution in [0.4, 0.5) is 5.82 Å². The van der Waals surface area contributed by atoms with Gasteiger partial charge >= 0.3 is 0 Å². The molecule has 2 N–H and O–H groups in total. The number of anilines is 1. The first-order chi connectivity index (χ1) is 12.2. The maximum atomic E-state index is 5.93. The molecule has 1 atom stereocenters. The number of nitrogens with zero attached hydrogens (tertiary/aromatic N) is 5. The highest BCUT2D eigenvalue weighted by atomic mass is 16.5. The number of hydrogen-bond donors (Lipinski definition) is 2. The molecule has 132 valence electrons. The number of ether oxygens (including phenoxy) is 1. The number of aromatic nitrogens is 5. The van der Waals surface area contributed by atoms with Gasteiger partial charge in [-0.3, -0.25) is 4.90 Å². The van der Waals surface area contributed by atoms with E-state index >= 15 is 0 Å². The summed E-state index contributed by atoms with van der Waals surface area (Å²) >= 11 is 0. The highest BCUT2D eigenvalue weighted by molar-refractivity contribution is 5.82. The minimum Gasteiger partial charge on any atom is -0.371 e. The van der Waals surface area contributed by atoms with Gasteiger partial charge in [0, 0.05) is 32.2 Å². The van der Waals surface area contributed by atoms with Crippen molar-refractivity contribution in [3.63, 3.8) is 0 Å². The Balaban J connectivity index is 1.57. The molecular weight excluding hydrogens is 322 g/mol. The molecule has 0 saturated carbocycles. The fraction of sp³-hybridized carbons (Fsp3) is 0.500. The first-order valence-corrected chi connectivity index (χ1v) is 8.30. The Kier molecular flexibility index (Phi) is 4.10. The summed E-state index contributed by atoms with van der Waals surface area (Å²) in [5.74, 6) is 2.24. The summed E-state index contributed by atoms with van der Waals surface area (Å²) in [5, 5.41) is 7.12. The molecule has 4 heterocycles. The quantitative estimate of drug-likeness (QED) is 0.735. The molecule has 0 radical (unpaired) electrons. The number of nitrogens with one attached hydrogen (secondary N) is 2. The van der Waals surface area contributed by atoms with Crippen molar-refractivity contribution in [2.24, 2.45) is 0 Å². The third-order valence-corrected chi connectivity index (χ3v) is 4.54. The van der Waals surface area contributed by atoms with Gasteiger partial charge in [0.2, 0.25) is 0 Å². The monoisotopic (exact) mass is 343 g/mol. The lowest BCUT2D eigenvalue weighted by Gasteiger charge is -2.32. The number of aryl methyl sites for hydroxylation is 2. The van der Waals surface area contributed by atoms with E-state index in [2.05, 4.69) is 35.3 Å². The second-order valence-corrected chi connectivity index (χ2v) is 6.18. The predicted molar refractivity (Wildman–Crippen MR) is 91.2 cm³/mol. The topological polar surface area (TPSA) is 105 Å². The molecular formula is C16H21N7O2. The summed E-state index contributed by atoms with van der Waals surface area (Å²) in [6.07, 6.45) is 1.43. The van der Waals surface area contributed by atoms with E-state index in [4.69, 9.17) is 9.26 Å². The Bertz CT molecular complexity index is 868. The van der Waals surface area contributed by atoms with Crippen LogP contribution in [0.15, 0.2) is 10.9 Å². The number of fused-ring (bicyclic) bond motifs is 1. The fourth-order valence-electron chi connectivity index (χ4n) is 3.13. The van der Waals surface area contributed by atoms with Crippen LogP contribution in [0.2, 0.25) is 0 Å². The Morgan fingerprint density at radius 2 is 2.24 bits per heavy atom. The fourth-order valence-corrected chi connectivity index (χ4v) is 3.13. The molecule has 1 unspecified atom stereocenters. The zero-order valence-corrected chi connectivity index (χ0v) is 14.5. The van der Waals surface area contributed by atoms with Crippen LogP contribution in [-0.4, -0.2) is 56.7 Å². The van der Waals surface area contributed by atoms with Crippen LogP contribution in [0, 0.1) is 13.8 Å². The Morgan fingerprint density at radius 1 is 1.36 bits per heavy atom. The van der Waals surface area contributed by atoms with Crippen molar-refractivity contribution in [2.45, 2.75) is 26.5 Å². The molecule has 0 aromatic carbocycles. The van der Waals surface area contributed by atoms with E-state index in [-0.39, 0.29) is 6.10 Å². The van der Waals surface area contributed by atoms with Gasteiger partial charge in [0.15, 0.2) is 17.3 Å². The number of aromatic amines is 1. The maximum Gasteiger partial charge on any atom is 0.183 e. The van der Waals surface area contributed by atoms with Crippen molar-refractivity contribution in [1.82, 2.24) is 30.0 Å². The lowest BCUT2D eigenvalue weighted by atomic mass is 10.1. The standard InChI is InChI=1S/C16H21N7O2/c1-9-11(10(2)25-22-9)6-23-4-5-24-12(7-23)14-20-15(17-3)13-16(21-14)19-8-18-13/h8,12H,4-7H2,1-3H3,(H2,17,18,19,20,21). The van der Waals surface area contributed by atoms with E-state index in [0.29, 0.717) is 24.6 Å². The highest BCUT2D eigenvalue weighted by Gasteiger charge is 2.27. The van der Waals surface area contributed by atoms with Crippen LogP contribution < -0.4 is 5.32 Å². The molecule has 9 nitrogen and oxygen atoms in total. The molecule has 1 aliphatic heterocycles. The zero-order valence-electron chi connectivity index (χ0n) is 14.5.